The molecule has 136 valence electrons. The first kappa shape index (κ1) is 20.7. The summed E-state index contributed by atoms with van der Waals surface area (Å²) in [5, 5.41) is 13.3. The Balaban J connectivity index is 0.00000144. The molecule has 0 saturated carbocycles. The molecule has 10 heteroatoms. The molecule has 0 bridgehead atoms. The minimum absolute atomic E-state index is 0. The van der Waals surface area contributed by atoms with Gasteiger partial charge >= 0.3 is 5.69 Å². The Labute approximate surface area is 151 Å². The van der Waals surface area contributed by atoms with E-state index in [1.807, 2.05) is 0 Å². The molecular weight excluding hydrogens is 357 g/mol. The number of hydrogen-bond donors (Lipinski definition) is 3. The van der Waals surface area contributed by atoms with Gasteiger partial charge in [0.05, 0.1) is 12.4 Å². The van der Waals surface area contributed by atoms with Gasteiger partial charge in [-0.15, -0.1) is 24.8 Å². The fourth-order valence-electron chi connectivity index (χ4n) is 2.99. The lowest BCUT2D eigenvalue weighted by atomic mass is 9.97. The van der Waals surface area contributed by atoms with Gasteiger partial charge in [0.25, 0.3) is 5.56 Å². The van der Waals surface area contributed by atoms with Crippen LogP contribution in [-0.2, 0) is 13.6 Å². The third-order valence-corrected chi connectivity index (χ3v) is 4.34. The summed E-state index contributed by atoms with van der Waals surface area (Å²) in [6, 6.07) is 0.121. The Morgan fingerprint density at radius 3 is 2.83 bits per heavy atom. The third kappa shape index (κ3) is 4.00. The van der Waals surface area contributed by atoms with Gasteiger partial charge in [0, 0.05) is 19.6 Å². The van der Waals surface area contributed by atoms with Gasteiger partial charge in [0.1, 0.15) is 5.65 Å². The number of aliphatic hydroxyl groups is 1. The molecule has 1 fully saturated rings. The zero-order valence-corrected chi connectivity index (χ0v) is 15.0. The molecule has 8 nitrogen and oxygen atoms in total. The number of fused-ring (bicyclic) bond motifs is 1. The molecule has 0 unspecified atom stereocenters. The summed E-state index contributed by atoms with van der Waals surface area (Å²) in [6.07, 6.45) is 4.81. The van der Waals surface area contributed by atoms with Crippen LogP contribution in [0.1, 0.15) is 25.7 Å². The molecule has 24 heavy (non-hydrogen) atoms. The second-order valence-corrected chi connectivity index (χ2v) is 5.84. The summed E-state index contributed by atoms with van der Waals surface area (Å²) in [7, 11) is 1.43. The molecule has 3 rings (SSSR count). The minimum Gasteiger partial charge on any atom is -0.392 e. The average Bonchev–Trinajstić information content (AvgIpc) is 2.90. The predicted molar refractivity (Wildman–Crippen MR) is 96.4 cm³/mol. The normalized spacial score (nSPS) is 20.4. The SMILES string of the molecule is Cl.Cl.Cn1c(=O)[nH]c2c(ncn2CCC[C@H]2NCCC[C@@H]2O)c1=O. The van der Waals surface area contributed by atoms with Gasteiger partial charge in [-0.2, -0.15) is 0 Å². The zero-order chi connectivity index (χ0) is 15.7. The van der Waals surface area contributed by atoms with Gasteiger partial charge in [-0.1, -0.05) is 0 Å². The van der Waals surface area contributed by atoms with Crippen LogP contribution in [0.5, 0.6) is 0 Å². The monoisotopic (exact) mass is 379 g/mol. The van der Waals surface area contributed by atoms with Gasteiger partial charge in [0.2, 0.25) is 0 Å². The molecule has 2 aromatic heterocycles. The maximum absolute atomic E-state index is 12.0. The summed E-state index contributed by atoms with van der Waals surface area (Å²) < 4.78 is 2.80. The summed E-state index contributed by atoms with van der Waals surface area (Å²) in [5.41, 5.74) is -0.0892. The van der Waals surface area contributed by atoms with Gasteiger partial charge < -0.3 is 15.0 Å². The molecule has 1 aliphatic rings. The smallest absolute Gasteiger partial charge is 0.329 e. The van der Waals surface area contributed by atoms with Crippen LogP contribution in [-0.4, -0.2) is 42.9 Å². The number of imidazole rings is 1. The summed E-state index contributed by atoms with van der Waals surface area (Å²) in [6.45, 7) is 1.59. The Bertz CT molecular complexity index is 785. The summed E-state index contributed by atoms with van der Waals surface area (Å²) in [4.78, 5) is 30.4. The summed E-state index contributed by atoms with van der Waals surface area (Å²) in [5.74, 6) is 0. The quantitative estimate of drug-likeness (QED) is 0.701. The van der Waals surface area contributed by atoms with Crippen molar-refractivity contribution in [1.29, 1.82) is 0 Å². The van der Waals surface area contributed by atoms with Crippen LogP contribution < -0.4 is 16.6 Å². The van der Waals surface area contributed by atoms with E-state index in [1.54, 1.807) is 10.9 Å². The fourth-order valence-corrected chi connectivity index (χ4v) is 2.99. The van der Waals surface area contributed by atoms with Crippen molar-refractivity contribution in [3.63, 3.8) is 0 Å². The number of piperidine rings is 1. The van der Waals surface area contributed by atoms with E-state index in [0.717, 1.165) is 36.8 Å². The second kappa shape index (κ2) is 8.66. The van der Waals surface area contributed by atoms with Crippen molar-refractivity contribution in [2.45, 2.75) is 44.4 Å². The van der Waals surface area contributed by atoms with Crippen LogP contribution in [0, 0.1) is 0 Å². The lowest BCUT2D eigenvalue weighted by Crippen LogP contribution is -2.44. The van der Waals surface area contributed by atoms with Crippen LogP contribution in [0.25, 0.3) is 11.2 Å². The van der Waals surface area contributed by atoms with Gasteiger partial charge in [-0.25, -0.2) is 9.78 Å². The van der Waals surface area contributed by atoms with Gasteiger partial charge in [0.15, 0.2) is 5.52 Å². The molecule has 2 atom stereocenters. The molecule has 3 N–H and O–H groups in total. The van der Waals surface area contributed by atoms with Crippen molar-refractivity contribution in [2.75, 3.05) is 6.54 Å². The molecule has 1 aliphatic heterocycles. The number of aromatic nitrogens is 4. The maximum Gasteiger partial charge on any atom is 0.329 e. The highest BCUT2D eigenvalue weighted by Crippen LogP contribution is 2.14. The maximum atomic E-state index is 12.0. The minimum atomic E-state index is -0.441. The fraction of sp³-hybridized carbons (Fsp3) is 0.643. The first-order valence-electron chi connectivity index (χ1n) is 7.63. The highest BCUT2D eigenvalue weighted by atomic mass is 35.5. The molecule has 0 amide bonds. The van der Waals surface area contributed by atoms with Crippen molar-refractivity contribution in [2.24, 2.45) is 7.05 Å². The van der Waals surface area contributed by atoms with Gasteiger partial charge in [-0.05, 0) is 32.2 Å². The highest BCUT2D eigenvalue weighted by Gasteiger charge is 2.21. The molecule has 0 radical (unpaired) electrons. The van der Waals surface area contributed by atoms with E-state index in [9.17, 15) is 14.7 Å². The van der Waals surface area contributed by atoms with E-state index >= 15 is 0 Å². The van der Waals surface area contributed by atoms with Crippen LogP contribution in [0.4, 0.5) is 0 Å². The number of nitrogens with zero attached hydrogens (tertiary/aromatic N) is 3. The number of aliphatic hydroxyl groups excluding tert-OH is 1. The van der Waals surface area contributed by atoms with Crippen LogP contribution in [0.15, 0.2) is 15.9 Å². The van der Waals surface area contributed by atoms with Gasteiger partial charge in [-0.3, -0.25) is 14.3 Å². The van der Waals surface area contributed by atoms with E-state index in [1.165, 1.54) is 7.05 Å². The van der Waals surface area contributed by atoms with E-state index in [4.69, 9.17) is 0 Å². The van der Waals surface area contributed by atoms with Crippen LogP contribution in [0.3, 0.4) is 0 Å². The van der Waals surface area contributed by atoms with E-state index in [0.29, 0.717) is 12.2 Å². The van der Waals surface area contributed by atoms with Crippen molar-refractivity contribution in [3.8, 4) is 0 Å². The molecule has 0 spiro atoms. The lowest BCUT2D eigenvalue weighted by Gasteiger charge is -2.28. The van der Waals surface area contributed by atoms with Crippen molar-refractivity contribution >= 4 is 36.0 Å². The molecule has 0 aromatic carbocycles. The Morgan fingerprint density at radius 2 is 2.12 bits per heavy atom. The van der Waals surface area contributed by atoms with Crippen molar-refractivity contribution < 1.29 is 5.11 Å². The number of halogens is 2. The van der Waals surface area contributed by atoms with Crippen LogP contribution in [0.2, 0.25) is 0 Å². The standard InChI is InChI=1S/C14H21N5O3.2ClH/c1-18-13(21)11-12(17-14(18)22)19(8-16-11)7-3-4-9-10(20)5-2-6-15-9;;/h8-10,15,20H,2-7H2,1H3,(H,17,22);2*1H/t9-,10+;;/m1../s1. The number of aromatic amines is 1. The number of H-pyrrole nitrogens is 1. The predicted octanol–water partition coefficient (Wildman–Crippen LogP) is 0.160. The Hall–Kier alpha value is -1.35. The number of rotatable bonds is 4. The Morgan fingerprint density at radius 1 is 1.38 bits per heavy atom. The topological polar surface area (TPSA) is 105 Å². The van der Waals surface area contributed by atoms with Crippen molar-refractivity contribution in [3.05, 3.63) is 27.2 Å². The second-order valence-electron chi connectivity index (χ2n) is 5.84. The zero-order valence-electron chi connectivity index (χ0n) is 13.4. The number of hydrogen-bond acceptors (Lipinski definition) is 5. The largest absolute Gasteiger partial charge is 0.392 e. The number of aryl methyl sites for hydroxylation is 1. The molecule has 1 saturated heterocycles. The van der Waals surface area contributed by atoms with E-state index in [2.05, 4.69) is 15.3 Å². The number of nitrogens with one attached hydrogen (secondary N) is 2. The first-order chi connectivity index (χ1) is 10.6. The highest BCUT2D eigenvalue weighted by molar-refractivity contribution is 5.85. The lowest BCUT2D eigenvalue weighted by molar-refractivity contribution is 0.0909. The molecular formula is C14H23Cl2N5O3. The molecule has 3 heterocycles. The Kier molecular flexibility index (Phi) is 7.47. The average molecular weight is 380 g/mol. The van der Waals surface area contributed by atoms with E-state index in [-0.39, 0.29) is 48.0 Å². The van der Waals surface area contributed by atoms with Crippen LogP contribution >= 0.6 is 24.8 Å². The first-order valence-corrected chi connectivity index (χ1v) is 7.63. The molecule has 2 aromatic rings. The van der Waals surface area contributed by atoms with E-state index < -0.39 is 5.69 Å². The third-order valence-electron chi connectivity index (χ3n) is 4.34. The molecule has 0 aliphatic carbocycles. The summed E-state index contributed by atoms with van der Waals surface area (Å²) >= 11 is 0. The van der Waals surface area contributed by atoms with Crippen molar-refractivity contribution in [1.82, 2.24) is 24.4 Å².